The molecule has 3 rings (SSSR count). The van der Waals surface area contributed by atoms with Gasteiger partial charge in [-0.3, -0.25) is 4.79 Å². The van der Waals surface area contributed by atoms with Crippen LogP contribution in [-0.2, 0) is 27.6 Å². The van der Waals surface area contributed by atoms with Crippen molar-refractivity contribution in [3.05, 3.63) is 5.82 Å². The highest BCUT2D eigenvalue weighted by atomic mass is 35.5. The lowest BCUT2D eigenvalue weighted by Crippen LogP contribution is -2.55. The van der Waals surface area contributed by atoms with Gasteiger partial charge in [0, 0.05) is 26.4 Å². The summed E-state index contributed by atoms with van der Waals surface area (Å²) < 4.78 is 31.0. The minimum absolute atomic E-state index is 0. The van der Waals surface area contributed by atoms with Crippen molar-refractivity contribution >= 4 is 45.0 Å². The molecular formula is C23H39ClN6O4S. The smallest absolute Gasteiger partial charge is 0.260 e. The number of unbranched alkanes of at least 4 members (excludes halogenated alkanes) is 4. The normalized spacial score (nSPS) is 15.1. The van der Waals surface area contributed by atoms with Gasteiger partial charge in [0.1, 0.15) is 16.9 Å². The van der Waals surface area contributed by atoms with Crippen LogP contribution in [0.2, 0.25) is 0 Å². The van der Waals surface area contributed by atoms with Crippen molar-refractivity contribution in [2.24, 2.45) is 0 Å². The van der Waals surface area contributed by atoms with Crippen LogP contribution in [-0.4, -0.2) is 69.2 Å². The second kappa shape index (κ2) is 12.7. The highest BCUT2D eigenvalue weighted by Gasteiger charge is 2.38. The number of carbonyl (C=O) groups excluding carboxylic acids is 1. The lowest BCUT2D eigenvalue weighted by Gasteiger charge is -2.36. The second-order valence-electron chi connectivity index (χ2n) is 9.39. The van der Waals surface area contributed by atoms with E-state index in [1.54, 1.807) is 4.90 Å². The first kappa shape index (κ1) is 29.1. The third kappa shape index (κ3) is 7.42. The summed E-state index contributed by atoms with van der Waals surface area (Å²) in [7, 11) is -2.95. The molecule has 1 fully saturated rings. The van der Waals surface area contributed by atoms with Gasteiger partial charge in [0.25, 0.3) is 5.88 Å². The number of imidazole rings is 1. The zero-order valence-electron chi connectivity index (χ0n) is 21.2. The summed E-state index contributed by atoms with van der Waals surface area (Å²) >= 11 is 0. The average Bonchev–Trinajstić information content (AvgIpc) is 3.11. The summed E-state index contributed by atoms with van der Waals surface area (Å²) in [5.74, 6) is 1.87. The van der Waals surface area contributed by atoms with Gasteiger partial charge >= 0.3 is 0 Å². The monoisotopic (exact) mass is 530 g/mol. The molecule has 1 saturated heterocycles. The Hall–Kier alpha value is -2.14. The van der Waals surface area contributed by atoms with E-state index in [-0.39, 0.29) is 42.0 Å². The molecule has 0 atom stereocenters. The Morgan fingerprint density at radius 3 is 2.46 bits per heavy atom. The number of nitrogen functional groups attached to an aromatic ring is 1. The molecule has 2 N–H and O–H groups in total. The number of anilines is 1. The quantitative estimate of drug-likeness (QED) is 0.390. The molecule has 0 aromatic carbocycles. The molecular weight excluding hydrogens is 492 g/mol. The Labute approximate surface area is 214 Å². The minimum atomic E-state index is -2.95. The van der Waals surface area contributed by atoms with E-state index in [4.69, 9.17) is 15.5 Å². The Morgan fingerprint density at radius 2 is 1.86 bits per heavy atom. The summed E-state index contributed by atoms with van der Waals surface area (Å²) in [6, 6.07) is -0.160. The van der Waals surface area contributed by atoms with Crippen LogP contribution in [0.5, 0.6) is 5.88 Å². The molecule has 2 aromatic rings. The second-order valence-corrected chi connectivity index (χ2v) is 11.5. The molecule has 0 aliphatic carbocycles. The molecule has 2 aromatic heterocycles. The molecule has 1 aliphatic rings. The number of amides is 1. The van der Waals surface area contributed by atoms with E-state index in [2.05, 4.69) is 21.7 Å². The predicted octanol–water partition coefficient (Wildman–Crippen LogP) is 3.17. The number of rotatable bonds is 13. The van der Waals surface area contributed by atoms with E-state index < -0.39 is 9.84 Å². The van der Waals surface area contributed by atoms with Crippen LogP contribution in [0, 0.1) is 0 Å². The largest absolute Gasteiger partial charge is 0.472 e. The number of hydrogen-bond acceptors (Lipinski definition) is 8. The van der Waals surface area contributed by atoms with Gasteiger partial charge in [-0.15, -0.1) is 22.6 Å². The third-order valence-electron chi connectivity index (χ3n) is 6.11. The van der Waals surface area contributed by atoms with Crippen LogP contribution in [0.4, 0.5) is 5.82 Å². The topological polar surface area (TPSA) is 133 Å². The fourth-order valence-electron chi connectivity index (χ4n) is 4.38. The maximum atomic E-state index is 11.9. The summed E-state index contributed by atoms with van der Waals surface area (Å²) in [6.45, 7) is 8.94. The van der Waals surface area contributed by atoms with E-state index >= 15 is 0 Å². The fraction of sp³-hybridized carbons (Fsp3) is 0.739. The van der Waals surface area contributed by atoms with Gasteiger partial charge in [0.05, 0.1) is 23.7 Å². The van der Waals surface area contributed by atoms with Crippen LogP contribution in [0.25, 0.3) is 11.0 Å². The number of hydrogen-bond donors (Lipinski definition) is 1. The van der Waals surface area contributed by atoms with Crippen LogP contribution in [0.15, 0.2) is 0 Å². The standard InChI is InChI=1S/C23H38N6O4S.ClH/c1-5-6-11-19-25-20-21(23(33-16(2)3)27-26-22(20)24)29(19)13-10-8-7-9-12-28(17(4)30)18-14-34(31,32)15-18;/h16,18H,5-15H2,1-4H3,(H2,24,26);1H. The molecule has 0 unspecified atom stereocenters. The van der Waals surface area contributed by atoms with Crippen molar-refractivity contribution in [2.45, 2.75) is 91.3 Å². The molecule has 35 heavy (non-hydrogen) atoms. The number of carbonyl (C=O) groups is 1. The summed E-state index contributed by atoms with van der Waals surface area (Å²) in [5.41, 5.74) is 7.55. The van der Waals surface area contributed by atoms with Crippen LogP contribution in [0.3, 0.4) is 0 Å². The van der Waals surface area contributed by atoms with Crippen molar-refractivity contribution in [1.29, 1.82) is 0 Å². The number of nitrogens with two attached hydrogens (primary N) is 1. The van der Waals surface area contributed by atoms with Crippen molar-refractivity contribution in [2.75, 3.05) is 23.8 Å². The molecule has 0 radical (unpaired) electrons. The maximum Gasteiger partial charge on any atom is 0.260 e. The Kier molecular flexibility index (Phi) is 10.6. The highest BCUT2D eigenvalue weighted by Crippen LogP contribution is 2.29. The number of ether oxygens (including phenoxy) is 1. The first-order valence-electron chi connectivity index (χ1n) is 12.3. The molecule has 1 amide bonds. The molecule has 0 bridgehead atoms. The Morgan fingerprint density at radius 1 is 1.17 bits per heavy atom. The van der Waals surface area contributed by atoms with E-state index in [0.29, 0.717) is 23.8 Å². The maximum absolute atomic E-state index is 11.9. The summed E-state index contributed by atoms with van der Waals surface area (Å²) in [6.07, 6.45) is 6.63. The number of fused-ring (bicyclic) bond motifs is 1. The number of nitrogens with zero attached hydrogens (tertiary/aromatic N) is 5. The first-order chi connectivity index (χ1) is 16.1. The molecule has 1 aliphatic heterocycles. The van der Waals surface area contributed by atoms with Gasteiger partial charge < -0.3 is 19.9 Å². The van der Waals surface area contributed by atoms with E-state index in [1.165, 1.54) is 6.92 Å². The van der Waals surface area contributed by atoms with Crippen LogP contribution in [0.1, 0.15) is 72.0 Å². The van der Waals surface area contributed by atoms with Crippen molar-refractivity contribution in [3.63, 3.8) is 0 Å². The SMILES string of the molecule is CCCCc1nc2c(N)nnc(OC(C)C)c2n1CCCCCCN(C(C)=O)C1CS(=O)(=O)C1.Cl. The van der Waals surface area contributed by atoms with Crippen molar-refractivity contribution in [3.8, 4) is 5.88 Å². The summed E-state index contributed by atoms with van der Waals surface area (Å²) in [5, 5.41) is 8.23. The van der Waals surface area contributed by atoms with Gasteiger partial charge in [-0.2, -0.15) is 0 Å². The number of halogens is 1. The predicted molar refractivity (Wildman–Crippen MR) is 140 cm³/mol. The lowest BCUT2D eigenvalue weighted by atomic mass is 10.1. The molecule has 0 spiro atoms. The number of aromatic nitrogens is 4. The van der Waals surface area contributed by atoms with Gasteiger partial charge in [-0.25, -0.2) is 13.4 Å². The average molecular weight is 531 g/mol. The van der Waals surface area contributed by atoms with Gasteiger partial charge in [-0.1, -0.05) is 26.2 Å². The fourth-order valence-corrected chi connectivity index (χ4v) is 5.81. The first-order valence-corrected chi connectivity index (χ1v) is 14.1. The van der Waals surface area contributed by atoms with Crippen molar-refractivity contribution < 1.29 is 17.9 Å². The molecule has 10 nitrogen and oxygen atoms in total. The van der Waals surface area contributed by atoms with Gasteiger partial charge in [0.15, 0.2) is 15.7 Å². The zero-order chi connectivity index (χ0) is 24.9. The number of aryl methyl sites for hydroxylation is 2. The van der Waals surface area contributed by atoms with Crippen molar-refractivity contribution in [1.82, 2.24) is 24.6 Å². The van der Waals surface area contributed by atoms with E-state index in [1.807, 2.05) is 13.8 Å². The van der Waals surface area contributed by atoms with E-state index in [9.17, 15) is 13.2 Å². The molecule has 3 heterocycles. The molecule has 198 valence electrons. The minimum Gasteiger partial charge on any atom is -0.472 e. The Bertz CT molecular complexity index is 1090. The Balaban J connectivity index is 0.00000432. The van der Waals surface area contributed by atoms with Crippen LogP contribution >= 0.6 is 12.4 Å². The van der Waals surface area contributed by atoms with Gasteiger partial charge in [-0.05, 0) is 33.1 Å². The lowest BCUT2D eigenvalue weighted by molar-refractivity contribution is -0.130. The summed E-state index contributed by atoms with van der Waals surface area (Å²) in [4.78, 5) is 18.4. The zero-order valence-corrected chi connectivity index (χ0v) is 22.8. The molecule has 12 heteroatoms. The third-order valence-corrected chi connectivity index (χ3v) is 7.90. The molecule has 0 saturated carbocycles. The van der Waals surface area contributed by atoms with Gasteiger partial charge in [0.2, 0.25) is 5.91 Å². The van der Waals surface area contributed by atoms with Crippen LogP contribution < -0.4 is 10.5 Å². The number of sulfone groups is 1. The van der Waals surface area contributed by atoms with E-state index in [0.717, 1.165) is 62.8 Å². The highest BCUT2D eigenvalue weighted by molar-refractivity contribution is 7.92.